The average Bonchev–Trinajstić information content (AvgIpc) is 2.34. The molecule has 0 aromatic heterocycles. The number of benzene rings is 1. The molecule has 0 heterocycles. The van der Waals surface area contributed by atoms with E-state index in [1.54, 1.807) is 6.92 Å². The summed E-state index contributed by atoms with van der Waals surface area (Å²) in [5.74, 6) is 0.797. The molecular weight excluding hydrogens is 212 g/mol. The zero-order chi connectivity index (χ0) is 12.5. The second-order valence-electron chi connectivity index (χ2n) is 4.20. The molecule has 0 bridgehead atoms. The Morgan fingerprint density at radius 1 is 1.29 bits per heavy atom. The van der Waals surface area contributed by atoms with Crippen molar-refractivity contribution in [2.75, 3.05) is 6.61 Å². The maximum atomic E-state index is 9.59. The number of rotatable bonds is 8. The van der Waals surface area contributed by atoms with Gasteiger partial charge in [0.15, 0.2) is 0 Å². The van der Waals surface area contributed by atoms with Crippen LogP contribution >= 0.6 is 0 Å². The molecule has 1 rings (SSSR count). The highest BCUT2D eigenvalue weighted by Gasteiger charge is 2.07. The molecule has 0 amide bonds. The summed E-state index contributed by atoms with van der Waals surface area (Å²) < 4.78 is 5.69. The molecule has 0 aliphatic carbocycles. The first-order valence-corrected chi connectivity index (χ1v) is 6.26. The van der Waals surface area contributed by atoms with E-state index in [2.05, 4.69) is 6.58 Å². The lowest BCUT2D eigenvalue weighted by molar-refractivity contribution is 0.190. The van der Waals surface area contributed by atoms with Crippen LogP contribution in [-0.4, -0.2) is 11.7 Å². The third-order valence-corrected chi connectivity index (χ3v) is 2.68. The smallest absolute Gasteiger partial charge is 0.125 e. The van der Waals surface area contributed by atoms with E-state index < -0.39 is 6.10 Å². The Hall–Kier alpha value is -1.28. The van der Waals surface area contributed by atoms with Gasteiger partial charge in [0.2, 0.25) is 0 Å². The summed E-state index contributed by atoms with van der Waals surface area (Å²) in [6.45, 7) is 6.16. The van der Waals surface area contributed by atoms with Crippen LogP contribution in [0.4, 0.5) is 0 Å². The number of hydrogen-bond acceptors (Lipinski definition) is 2. The molecule has 17 heavy (non-hydrogen) atoms. The first kappa shape index (κ1) is 13.8. The molecule has 0 spiro atoms. The quantitative estimate of drug-likeness (QED) is 0.546. The molecule has 0 fully saturated rings. The van der Waals surface area contributed by atoms with Crippen molar-refractivity contribution in [3.63, 3.8) is 0 Å². The summed E-state index contributed by atoms with van der Waals surface area (Å²) in [7, 11) is 0. The number of aliphatic hydroxyl groups excluding tert-OH is 1. The van der Waals surface area contributed by atoms with E-state index >= 15 is 0 Å². The van der Waals surface area contributed by atoms with E-state index in [9.17, 15) is 5.11 Å². The van der Waals surface area contributed by atoms with Gasteiger partial charge in [-0.15, -0.1) is 6.58 Å². The lowest BCUT2D eigenvalue weighted by Gasteiger charge is -2.12. The normalized spacial score (nSPS) is 12.1. The molecule has 0 radical (unpaired) electrons. The summed E-state index contributed by atoms with van der Waals surface area (Å²) in [6.07, 6.45) is 5.91. The van der Waals surface area contributed by atoms with Gasteiger partial charge in [0.25, 0.3) is 0 Å². The van der Waals surface area contributed by atoms with E-state index in [4.69, 9.17) is 4.74 Å². The van der Waals surface area contributed by atoms with Crippen molar-refractivity contribution in [3.05, 3.63) is 42.5 Å². The topological polar surface area (TPSA) is 29.5 Å². The highest BCUT2D eigenvalue weighted by atomic mass is 16.5. The van der Waals surface area contributed by atoms with Gasteiger partial charge in [0.1, 0.15) is 5.75 Å². The van der Waals surface area contributed by atoms with Gasteiger partial charge in [-0.3, -0.25) is 0 Å². The molecule has 2 nitrogen and oxygen atoms in total. The van der Waals surface area contributed by atoms with Crippen LogP contribution in [0.3, 0.4) is 0 Å². The van der Waals surface area contributed by atoms with Crippen molar-refractivity contribution in [2.24, 2.45) is 0 Å². The van der Waals surface area contributed by atoms with Gasteiger partial charge in [-0.1, -0.05) is 24.3 Å². The van der Waals surface area contributed by atoms with Crippen LogP contribution in [0.1, 0.15) is 44.3 Å². The predicted octanol–water partition coefficient (Wildman–Crippen LogP) is 3.87. The van der Waals surface area contributed by atoms with E-state index in [1.165, 1.54) is 6.42 Å². The number of ether oxygens (including phenoxy) is 1. The van der Waals surface area contributed by atoms with Gasteiger partial charge in [-0.25, -0.2) is 0 Å². The van der Waals surface area contributed by atoms with Gasteiger partial charge in [0, 0.05) is 5.56 Å². The third kappa shape index (κ3) is 5.05. The second kappa shape index (κ2) is 7.91. The largest absolute Gasteiger partial charge is 0.493 e. The molecule has 0 saturated carbocycles. The molecule has 1 N–H and O–H groups in total. The minimum absolute atomic E-state index is 0.480. The first-order chi connectivity index (χ1) is 8.25. The Bertz CT molecular complexity index is 331. The molecule has 0 saturated heterocycles. The monoisotopic (exact) mass is 234 g/mol. The summed E-state index contributed by atoms with van der Waals surface area (Å²) in [4.78, 5) is 0. The minimum Gasteiger partial charge on any atom is -0.493 e. The molecule has 1 aromatic carbocycles. The van der Waals surface area contributed by atoms with Crippen LogP contribution < -0.4 is 4.74 Å². The molecule has 94 valence electrons. The fourth-order valence-electron chi connectivity index (χ4n) is 1.71. The maximum Gasteiger partial charge on any atom is 0.125 e. The van der Waals surface area contributed by atoms with Crippen molar-refractivity contribution in [1.82, 2.24) is 0 Å². The minimum atomic E-state index is -0.480. The highest BCUT2D eigenvalue weighted by molar-refractivity contribution is 5.34. The Morgan fingerprint density at radius 3 is 2.76 bits per heavy atom. The van der Waals surface area contributed by atoms with Crippen molar-refractivity contribution >= 4 is 0 Å². The van der Waals surface area contributed by atoms with E-state index in [0.29, 0.717) is 6.61 Å². The van der Waals surface area contributed by atoms with Crippen LogP contribution in [0.2, 0.25) is 0 Å². The van der Waals surface area contributed by atoms with Gasteiger partial charge >= 0.3 is 0 Å². The molecule has 2 heteroatoms. The molecule has 0 aliphatic rings. The Kier molecular flexibility index (Phi) is 6.41. The Labute approximate surface area is 104 Å². The number of unbranched alkanes of at least 4 members (excludes halogenated alkanes) is 3. The molecule has 0 unspecified atom stereocenters. The summed E-state index contributed by atoms with van der Waals surface area (Å²) >= 11 is 0. The van der Waals surface area contributed by atoms with Crippen molar-refractivity contribution in [3.8, 4) is 5.75 Å². The van der Waals surface area contributed by atoms with E-state index in [1.807, 2.05) is 30.3 Å². The lowest BCUT2D eigenvalue weighted by atomic mass is 10.1. The number of para-hydroxylation sites is 1. The predicted molar refractivity (Wildman–Crippen MR) is 71.2 cm³/mol. The molecule has 1 atom stereocenters. The Morgan fingerprint density at radius 2 is 2.06 bits per heavy atom. The summed E-state index contributed by atoms with van der Waals surface area (Å²) in [5, 5.41) is 9.59. The SMILES string of the molecule is C=CCCCCCOc1ccccc1[C@H](C)O. The van der Waals surface area contributed by atoms with Crippen LogP contribution in [0.15, 0.2) is 36.9 Å². The third-order valence-electron chi connectivity index (χ3n) is 2.68. The second-order valence-corrected chi connectivity index (χ2v) is 4.20. The van der Waals surface area contributed by atoms with Gasteiger partial charge in [0.05, 0.1) is 12.7 Å². The molecular formula is C15H22O2. The van der Waals surface area contributed by atoms with Crippen molar-refractivity contribution in [1.29, 1.82) is 0 Å². The number of hydrogen-bond donors (Lipinski definition) is 1. The average molecular weight is 234 g/mol. The van der Waals surface area contributed by atoms with E-state index in [-0.39, 0.29) is 0 Å². The fourth-order valence-corrected chi connectivity index (χ4v) is 1.71. The van der Waals surface area contributed by atoms with Gasteiger partial charge in [-0.2, -0.15) is 0 Å². The van der Waals surface area contributed by atoms with Crippen molar-refractivity contribution < 1.29 is 9.84 Å². The summed E-state index contributed by atoms with van der Waals surface area (Å²) in [5.41, 5.74) is 0.860. The van der Waals surface area contributed by atoms with Gasteiger partial charge in [-0.05, 0) is 38.7 Å². The van der Waals surface area contributed by atoms with Gasteiger partial charge < -0.3 is 9.84 Å². The summed E-state index contributed by atoms with van der Waals surface area (Å²) in [6, 6.07) is 7.65. The lowest BCUT2D eigenvalue weighted by Crippen LogP contribution is -2.02. The standard InChI is InChI=1S/C15H22O2/c1-3-4-5-6-9-12-17-15-11-8-7-10-14(15)13(2)16/h3,7-8,10-11,13,16H,1,4-6,9,12H2,2H3/t13-/m0/s1. The first-order valence-electron chi connectivity index (χ1n) is 6.26. The zero-order valence-corrected chi connectivity index (χ0v) is 10.6. The zero-order valence-electron chi connectivity index (χ0n) is 10.6. The van der Waals surface area contributed by atoms with Crippen LogP contribution in [0.25, 0.3) is 0 Å². The van der Waals surface area contributed by atoms with Crippen LogP contribution in [0, 0.1) is 0 Å². The maximum absolute atomic E-state index is 9.59. The van der Waals surface area contributed by atoms with Crippen molar-refractivity contribution in [2.45, 2.75) is 38.7 Å². The number of allylic oxidation sites excluding steroid dienone is 1. The molecule has 1 aromatic rings. The number of aliphatic hydroxyl groups is 1. The van der Waals surface area contributed by atoms with Crippen LogP contribution in [-0.2, 0) is 0 Å². The van der Waals surface area contributed by atoms with Crippen LogP contribution in [0.5, 0.6) is 5.75 Å². The van der Waals surface area contributed by atoms with E-state index in [0.717, 1.165) is 30.6 Å². The fraction of sp³-hybridized carbons (Fsp3) is 0.467. The molecule has 0 aliphatic heterocycles. The highest BCUT2D eigenvalue weighted by Crippen LogP contribution is 2.24. The Balaban J connectivity index is 2.33.